The number of nitrogens with one attached hydrogen (secondary N) is 3. The molecule has 3 N–H and O–H groups in total. The van der Waals surface area contributed by atoms with Gasteiger partial charge in [-0.15, -0.1) is 0 Å². The van der Waals surface area contributed by atoms with Crippen LogP contribution in [0, 0.1) is 0 Å². The number of aromatic nitrogens is 1. The van der Waals surface area contributed by atoms with E-state index in [9.17, 15) is 14.4 Å². The first kappa shape index (κ1) is 21.3. The van der Waals surface area contributed by atoms with Crippen LogP contribution in [0.15, 0.2) is 47.3 Å². The van der Waals surface area contributed by atoms with E-state index in [0.29, 0.717) is 25.4 Å². The number of H-pyrrole nitrogens is 1. The van der Waals surface area contributed by atoms with Crippen LogP contribution in [0.1, 0.15) is 59.6 Å². The second kappa shape index (κ2) is 9.92. The molecule has 7 heteroatoms. The third kappa shape index (κ3) is 5.41. The van der Waals surface area contributed by atoms with E-state index < -0.39 is 17.5 Å². The Kier molecular flexibility index (Phi) is 6.82. The molecule has 164 valence electrons. The van der Waals surface area contributed by atoms with Crippen molar-refractivity contribution in [3.05, 3.63) is 69.6 Å². The number of carbonyl (C=O) groups excluding carboxylic acids is 2. The summed E-state index contributed by atoms with van der Waals surface area (Å²) in [5.74, 6) is -0.0971. The fourth-order valence-corrected chi connectivity index (χ4v) is 4.49. The van der Waals surface area contributed by atoms with Gasteiger partial charge in [-0.3, -0.25) is 19.3 Å². The minimum absolute atomic E-state index is 0.0450. The van der Waals surface area contributed by atoms with Gasteiger partial charge in [0.1, 0.15) is 11.6 Å². The normalized spacial score (nSPS) is 20.6. The molecule has 1 atom stereocenters. The lowest BCUT2D eigenvalue weighted by molar-refractivity contribution is -0.122. The number of nitrogens with zero attached hydrogens (tertiary/aromatic N) is 1. The predicted molar refractivity (Wildman–Crippen MR) is 119 cm³/mol. The van der Waals surface area contributed by atoms with Gasteiger partial charge in [0.15, 0.2) is 0 Å². The number of aromatic amines is 1. The molecule has 0 spiro atoms. The molecule has 7 nitrogen and oxygen atoms in total. The molecule has 3 heterocycles. The van der Waals surface area contributed by atoms with Crippen molar-refractivity contribution < 1.29 is 9.59 Å². The van der Waals surface area contributed by atoms with Gasteiger partial charge in [0.2, 0.25) is 5.91 Å². The first-order valence-electron chi connectivity index (χ1n) is 11.2. The van der Waals surface area contributed by atoms with E-state index in [1.54, 1.807) is 12.1 Å². The van der Waals surface area contributed by atoms with Crippen molar-refractivity contribution in [2.24, 2.45) is 0 Å². The van der Waals surface area contributed by atoms with Gasteiger partial charge < -0.3 is 15.6 Å². The molecule has 0 saturated carbocycles. The van der Waals surface area contributed by atoms with Gasteiger partial charge in [-0.1, -0.05) is 30.3 Å². The van der Waals surface area contributed by atoms with Crippen LogP contribution in [0.2, 0.25) is 0 Å². The minimum Gasteiger partial charge on any atom is -0.354 e. The second-order valence-electron chi connectivity index (χ2n) is 8.50. The highest BCUT2D eigenvalue weighted by atomic mass is 16.2. The molecule has 0 aliphatic carbocycles. The van der Waals surface area contributed by atoms with Crippen LogP contribution in [-0.2, 0) is 11.3 Å². The van der Waals surface area contributed by atoms with Crippen LogP contribution in [-0.4, -0.2) is 47.4 Å². The zero-order valence-electron chi connectivity index (χ0n) is 17.7. The average Bonchev–Trinajstić information content (AvgIpc) is 2.99. The first-order valence-corrected chi connectivity index (χ1v) is 11.2. The molecular weight excluding hydrogens is 392 g/mol. The van der Waals surface area contributed by atoms with Crippen LogP contribution in [0.5, 0.6) is 0 Å². The van der Waals surface area contributed by atoms with Crippen molar-refractivity contribution in [2.45, 2.75) is 50.6 Å². The van der Waals surface area contributed by atoms with Gasteiger partial charge in [0, 0.05) is 18.8 Å². The number of carbonyl (C=O) groups is 2. The Morgan fingerprint density at radius 1 is 1.00 bits per heavy atom. The van der Waals surface area contributed by atoms with Gasteiger partial charge in [-0.25, -0.2) is 0 Å². The Bertz CT molecular complexity index is 964. The minimum atomic E-state index is -0.583. The van der Waals surface area contributed by atoms with E-state index in [-0.39, 0.29) is 11.5 Å². The monoisotopic (exact) mass is 422 g/mol. The van der Waals surface area contributed by atoms with Gasteiger partial charge in [-0.05, 0) is 68.8 Å². The quantitative estimate of drug-likeness (QED) is 0.688. The predicted octanol–water partition coefficient (Wildman–Crippen LogP) is 2.15. The number of pyridine rings is 1. The van der Waals surface area contributed by atoms with Crippen LogP contribution in [0.25, 0.3) is 0 Å². The smallest absolute Gasteiger partial charge is 0.261 e. The number of amides is 2. The molecule has 1 aromatic heterocycles. The summed E-state index contributed by atoms with van der Waals surface area (Å²) in [5, 5.41) is 5.49. The van der Waals surface area contributed by atoms with Crippen molar-refractivity contribution in [3.63, 3.8) is 0 Å². The van der Waals surface area contributed by atoms with Gasteiger partial charge >= 0.3 is 0 Å². The van der Waals surface area contributed by atoms with Crippen molar-refractivity contribution >= 4 is 11.8 Å². The molecule has 2 aliphatic heterocycles. The largest absolute Gasteiger partial charge is 0.354 e. The number of hydrogen-bond donors (Lipinski definition) is 3. The second-order valence-corrected chi connectivity index (χ2v) is 8.50. The number of benzene rings is 1. The van der Waals surface area contributed by atoms with E-state index in [1.165, 1.54) is 5.56 Å². The molecule has 31 heavy (non-hydrogen) atoms. The molecular formula is C24H30N4O3. The Labute approximate surface area is 182 Å². The molecule has 0 radical (unpaired) electrons. The van der Waals surface area contributed by atoms with Crippen molar-refractivity contribution in [2.75, 3.05) is 19.6 Å². The maximum atomic E-state index is 12.5. The third-order valence-corrected chi connectivity index (χ3v) is 6.31. The van der Waals surface area contributed by atoms with Gasteiger partial charge in [-0.2, -0.15) is 0 Å². The van der Waals surface area contributed by atoms with Crippen LogP contribution in [0.4, 0.5) is 0 Å². The first-order chi connectivity index (χ1) is 15.1. The summed E-state index contributed by atoms with van der Waals surface area (Å²) in [7, 11) is 0. The standard InChI is InChI=1S/C24H30N4O3/c29-22-20(23(30)27-21-8-4-5-13-25-24(21)31)10-9-19(26-22)16-28-14-11-18(12-15-28)17-6-2-1-3-7-17/h1-3,6-7,9-10,18,21H,4-5,8,11-16H2,(H,25,31)(H,26,29)(H,27,30)/t21-/m0/s1. The van der Waals surface area contributed by atoms with E-state index in [4.69, 9.17) is 0 Å². The Morgan fingerprint density at radius 2 is 1.77 bits per heavy atom. The van der Waals surface area contributed by atoms with E-state index in [2.05, 4.69) is 44.8 Å². The number of rotatable bonds is 5. The summed E-state index contributed by atoms with van der Waals surface area (Å²) in [4.78, 5) is 42.3. The summed E-state index contributed by atoms with van der Waals surface area (Å²) >= 11 is 0. The molecule has 1 aromatic carbocycles. The molecule has 4 rings (SSSR count). The van der Waals surface area contributed by atoms with Gasteiger partial charge in [0.05, 0.1) is 0 Å². The summed E-state index contributed by atoms with van der Waals surface area (Å²) in [6.07, 6.45) is 4.54. The Hall–Kier alpha value is -2.93. The summed E-state index contributed by atoms with van der Waals surface area (Å²) in [6, 6.07) is 13.4. The highest BCUT2D eigenvalue weighted by molar-refractivity contribution is 5.97. The SMILES string of the molecule is O=C(N[C@H]1CCCCNC1=O)c1ccc(CN2CCC(c3ccccc3)CC2)[nH]c1=O. The summed E-state index contributed by atoms with van der Waals surface area (Å²) in [6.45, 7) is 3.23. The lowest BCUT2D eigenvalue weighted by atomic mass is 9.89. The van der Waals surface area contributed by atoms with Crippen LogP contribution in [0.3, 0.4) is 0 Å². The van der Waals surface area contributed by atoms with Gasteiger partial charge in [0.25, 0.3) is 11.5 Å². The van der Waals surface area contributed by atoms with Crippen molar-refractivity contribution in [1.29, 1.82) is 0 Å². The maximum Gasteiger partial charge on any atom is 0.261 e. The number of hydrogen-bond acceptors (Lipinski definition) is 4. The molecule has 2 fully saturated rings. The van der Waals surface area contributed by atoms with Crippen molar-refractivity contribution in [3.8, 4) is 0 Å². The Morgan fingerprint density at radius 3 is 2.52 bits per heavy atom. The average molecular weight is 423 g/mol. The van der Waals surface area contributed by atoms with E-state index in [1.807, 2.05) is 6.07 Å². The zero-order chi connectivity index (χ0) is 21.6. The number of likely N-dealkylation sites (tertiary alicyclic amines) is 1. The highest BCUT2D eigenvalue weighted by Gasteiger charge is 2.24. The zero-order valence-corrected chi connectivity index (χ0v) is 17.7. The maximum absolute atomic E-state index is 12.5. The molecule has 2 saturated heterocycles. The van der Waals surface area contributed by atoms with Crippen LogP contribution >= 0.6 is 0 Å². The van der Waals surface area contributed by atoms with E-state index in [0.717, 1.165) is 44.5 Å². The fraction of sp³-hybridized carbons (Fsp3) is 0.458. The lowest BCUT2D eigenvalue weighted by Gasteiger charge is -2.32. The molecule has 2 amide bonds. The lowest BCUT2D eigenvalue weighted by Crippen LogP contribution is -2.46. The molecule has 0 bridgehead atoms. The van der Waals surface area contributed by atoms with Crippen LogP contribution < -0.4 is 16.2 Å². The van der Waals surface area contributed by atoms with Crippen molar-refractivity contribution in [1.82, 2.24) is 20.5 Å². The topological polar surface area (TPSA) is 94.3 Å². The summed E-state index contributed by atoms with van der Waals surface area (Å²) < 4.78 is 0. The number of piperidine rings is 1. The molecule has 2 aromatic rings. The highest BCUT2D eigenvalue weighted by Crippen LogP contribution is 2.28. The van der Waals surface area contributed by atoms with E-state index >= 15 is 0 Å². The fourth-order valence-electron chi connectivity index (χ4n) is 4.49. The summed E-state index contributed by atoms with van der Waals surface area (Å²) in [5.41, 5.74) is 1.83. The molecule has 0 unspecified atom stereocenters. The third-order valence-electron chi connectivity index (χ3n) is 6.31. The molecule has 2 aliphatic rings. The Balaban J connectivity index is 1.33.